The molecule has 0 bridgehead atoms. The van der Waals surface area contributed by atoms with Gasteiger partial charge < -0.3 is 9.80 Å². The fourth-order valence-electron chi connectivity index (χ4n) is 1.63. The van der Waals surface area contributed by atoms with Crippen molar-refractivity contribution in [3.05, 3.63) is 58.5 Å². The van der Waals surface area contributed by atoms with E-state index in [4.69, 9.17) is 44.1 Å². The first-order valence-corrected chi connectivity index (χ1v) is 28.2. The van der Waals surface area contributed by atoms with Crippen molar-refractivity contribution in [2.45, 2.75) is 0 Å². The van der Waals surface area contributed by atoms with Crippen molar-refractivity contribution in [1.29, 1.82) is 10.8 Å². The number of hydrogen-bond donors (Lipinski definition) is 0. The van der Waals surface area contributed by atoms with Crippen LogP contribution in [-0.2, 0) is 16.3 Å². The molecule has 0 amide bonds. The molecule has 0 aliphatic heterocycles. The summed E-state index contributed by atoms with van der Waals surface area (Å²) in [6, 6.07) is 14.6. The molecule has 6 nitrogen and oxygen atoms in total. The molecule has 2 rings (SSSR count). The molecular formula is C16H20CdCl4N6. The number of halogens is 4. The third-order valence-corrected chi connectivity index (χ3v) is 2.96. The molecule has 0 fully saturated rings. The van der Waals surface area contributed by atoms with Crippen molar-refractivity contribution < 1.29 is 16.3 Å². The van der Waals surface area contributed by atoms with Crippen LogP contribution in [0.4, 0.5) is 22.7 Å². The Labute approximate surface area is 178 Å². The molecule has 0 heterocycles. The molecule has 0 atom stereocenters. The first-order chi connectivity index (χ1) is 12.5. The topological polar surface area (TPSA) is 62.8 Å². The molecule has 0 aliphatic rings. The zero-order chi connectivity index (χ0) is 21.0. The molecule has 0 aromatic heterocycles. The second-order valence-electron chi connectivity index (χ2n) is 5.63. The minimum atomic E-state index is -3.45. The first-order valence-electron chi connectivity index (χ1n) is 7.80. The Morgan fingerprint density at radius 3 is 1.00 bits per heavy atom. The van der Waals surface area contributed by atoms with Crippen LogP contribution in [0.25, 0.3) is 9.95 Å². The van der Waals surface area contributed by atoms with E-state index in [1.54, 1.807) is 24.3 Å². The van der Waals surface area contributed by atoms with E-state index in [1.165, 1.54) is 0 Å². The fourth-order valence-corrected chi connectivity index (χ4v) is 1.63. The van der Waals surface area contributed by atoms with Crippen molar-refractivity contribution in [2.24, 2.45) is 0 Å². The van der Waals surface area contributed by atoms with E-state index >= 15 is 0 Å². The van der Waals surface area contributed by atoms with Gasteiger partial charge in [0, 0.05) is 63.8 Å². The predicted molar refractivity (Wildman–Crippen MR) is 114 cm³/mol. The number of nitrogens with zero attached hydrogens (tertiary/aromatic N) is 6. The Balaban J connectivity index is 0.000000405. The third kappa shape index (κ3) is 13.7. The molecule has 0 spiro atoms. The Hall–Kier alpha value is -1.04. The van der Waals surface area contributed by atoms with Crippen LogP contribution >= 0.6 is 33.3 Å². The van der Waals surface area contributed by atoms with Gasteiger partial charge in [0.15, 0.2) is 9.95 Å². The van der Waals surface area contributed by atoms with Gasteiger partial charge in [0.1, 0.15) is 0 Å². The monoisotopic (exact) mass is 550 g/mol. The van der Waals surface area contributed by atoms with Crippen LogP contribution in [-0.4, -0.2) is 28.2 Å². The summed E-state index contributed by atoms with van der Waals surface area (Å²) in [4.78, 5) is 10.1. The number of benzene rings is 2. The number of rotatable bonds is 2. The molecule has 0 saturated heterocycles. The van der Waals surface area contributed by atoms with Gasteiger partial charge in [-0.2, -0.15) is 0 Å². The summed E-state index contributed by atoms with van der Waals surface area (Å²) in [5.41, 5.74) is 3.35. The molecule has 0 N–H and O–H groups in total. The quantitative estimate of drug-likeness (QED) is 0.292. The van der Waals surface area contributed by atoms with Gasteiger partial charge in [-0.3, -0.25) is 0 Å². The molecule has 0 radical (unpaired) electrons. The summed E-state index contributed by atoms with van der Waals surface area (Å²) < 4.78 is 0. The first kappa shape index (κ1) is 26.0. The number of hydrogen-bond acceptors (Lipinski definition) is 4. The Bertz CT molecular complexity index is 694. The average Bonchev–Trinajstić information content (AvgIpc) is 2.61. The van der Waals surface area contributed by atoms with Crippen molar-refractivity contribution >= 4 is 56.0 Å². The van der Waals surface area contributed by atoms with Crippen LogP contribution in [0.3, 0.4) is 0 Å². The van der Waals surface area contributed by atoms with Gasteiger partial charge in [0.05, 0.1) is 0 Å². The van der Waals surface area contributed by atoms with Gasteiger partial charge >= 0.3 is 60.9 Å². The normalized spacial score (nSPS) is 9.41. The van der Waals surface area contributed by atoms with Crippen LogP contribution in [0.5, 0.6) is 0 Å². The van der Waals surface area contributed by atoms with Gasteiger partial charge in [-0.05, 0) is 24.3 Å². The third-order valence-electron chi connectivity index (χ3n) is 2.96. The molecule has 2 aromatic rings. The van der Waals surface area contributed by atoms with Crippen molar-refractivity contribution in [3.8, 4) is 0 Å². The SMILES string of the molecule is CN(C)c1ccc([N+]#N)cc1.CN(C)c1ccc([N+]#N)cc1.[Cl][Cd-2]([Cl])([Cl])[Cl]. The second kappa shape index (κ2) is 13.2. The van der Waals surface area contributed by atoms with Crippen molar-refractivity contribution in [3.63, 3.8) is 0 Å². The van der Waals surface area contributed by atoms with Gasteiger partial charge in [-0.1, -0.05) is 0 Å². The summed E-state index contributed by atoms with van der Waals surface area (Å²) in [5.74, 6) is 0. The Morgan fingerprint density at radius 1 is 0.630 bits per heavy atom. The predicted octanol–water partition coefficient (Wildman–Crippen LogP) is 7.23. The van der Waals surface area contributed by atoms with E-state index in [1.807, 2.05) is 62.3 Å². The van der Waals surface area contributed by atoms with E-state index in [-0.39, 0.29) is 0 Å². The summed E-state index contributed by atoms with van der Waals surface area (Å²) in [7, 11) is 28.1. The van der Waals surface area contributed by atoms with Crippen molar-refractivity contribution in [2.75, 3.05) is 38.0 Å². The average molecular weight is 551 g/mol. The minimum absolute atomic E-state index is 0.579. The molecule has 27 heavy (non-hydrogen) atoms. The van der Waals surface area contributed by atoms with Crippen LogP contribution in [0.1, 0.15) is 0 Å². The van der Waals surface area contributed by atoms with Crippen LogP contribution < -0.4 is 9.80 Å². The molecule has 0 aliphatic carbocycles. The van der Waals surface area contributed by atoms with E-state index in [0.29, 0.717) is 11.4 Å². The van der Waals surface area contributed by atoms with Gasteiger partial charge in [0.2, 0.25) is 10.8 Å². The number of anilines is 2. The molecule has 0 saturated carbocycles. The Kier molecular flexibility index (Phi) is 12.7. The summed E-state index contributed by atoms with van der Waals surface area (Å²) in [6.07, 6.45) is 0. The van der Waals surface area contributed by atoms with Gasteiger partial charge in [0.25, 0.3) is 0 Å². The molecule has 144 valence electrons. The van der Waals surface area contributed by atoms with Gasteiger partial charge in [-0.25, -0.2) is 0 Å². The van der Waals surface area contributed by atoms with E-state index in [2.05, 4.69) is 9.95 Å². The zero-order valence-electron chi connectivity index (χ0n) is 15.5. The summed E-state index contributed by atoms with van der Waals surface area (Å²) >= 11 is -3.45. The molecule has 11 heteroatoms. The summed E-state index contributed by atoms with van der Waals surface area (Å²) in [5, 5.41) is 16.8. The van der Waals surface area contributed by atoms with Crippen LogP contribution in [0, 0.1) is 10.8 Å². The maximum atomic E-state index is 8.38. The second-order valence-corrected chi connectivity index (χ2v) is 41.6. The van der Waals surface area contributed by atoms with Crippen LogP contribution in [0.15, 0.2) is 48.5 Å². The number of diazo groups is 2. The van der Waals surface area contributed by atoms with Gasteiger partial charge in [-0.15, -0.1) is 0 Å². The van der Waals surface area contributed by atoms with Crippen LogP contribution in [0.2, 0.25) is 0 Å². The maximum absolute atomic E-state index is 8.38. The zero-order valence-corrected chi connectivity index (χ0v) is 22.6. The standard InChI is InChI=1S/2C8H10N3.Cd.4ClH/c2*1-11(2)8-5-3-7(10-9)4-6-8;;;;;/h2*3-6H,1-2H3;;4*1H/q2*+1;+2;;;;/p-4. The Morgan fingerprint density at radius 2 is 0.852 bits per heavy atom. The summed E-state index contributed by atoms with van der Waals surface area (Å²) in [6.45, 7) is 0. The molecular weight excluding hydrogens is 530 g/mol. The van der Waals surface area contributed by atoms with Crippen molar-refractivity contribution in [1.82, 2.24) is 0 Å². The van der Waals surface area contributed by atoms with E-state index in [9.17, 15) is 0 Å². The van der Waals surface area contributed by atoms with E-state index < -0.39 is 16.3 Å². The van der Waals surface area contributed by atoms with E-state index in [0.717, 1.165) is 11.4 Å². The molecule has 0 unspecified atom stereocenters. The molecule has 2 aromatic carbocycles. The fraction of sp³-hybridized carbons (Fsp3) is 0.250.